The van der Waals surface area contributed by atoms with Crippen molar-refractivity contribution in [1.29, 1.82) is 0 Å². The van der Waals surface area contributed by atoms with Gasteiger partial charge in [0.05, 0.1) is 11.1 Å². The number of hydrogen-bond acceptors (Lipinski definition) is 3. The monoisotopic (exact) mass is 222 g/mol. The zero-order chi connectivity index (χ0) is 10.9. The Kier molecular flexibility index (Phi) is 2.70. The van der Waals surface area contributed by atoms with Gasteiger partial charge in [-0.05, 0) is 6.07 Å². The van der Waals surface area contributed by atoms with Crippen LogP contribution in [0.4, 0.5) is 13.2 Å². The van der Waals surface area contributed by atoms with E-state index in [2.05, 4.69) is 17.6 Å². The average molecular weight is 222 g/mol. The first-order chi connectivity index (χ1) is 6.32. The predicted octanol–water partition coefficient (Wildman–Crippen LogP) is 1.49. The highest BCUT2D eigenvalue weighted by Gasteiger charge is 2.32. The second-order valence-corrected chi connectivity index (χ2v) is 2.88. The highest BCUT2D eigenvalue weighted by atomic mass is 32.1. The normalized spacial score (nSPS) is 11.4. The van der Waals surface area contributed by atoms with Crippen molar-refractivity contribution in [3.8, 4) is 0 Å². The van der Waals surface area contributed by atoms with Gasteiger partial charge < -0.3 is 5.73 Å². The number of primary amides is 1. The summed E-state index contributed by atoms with van der Waals surface area (Å²) >= 11 is 3.70. The molecule has 0 spiro atoms. The Morgan fingerprint density at radius 1 is 1.50 bits per heavy atom. The zero-order valence-electron chi connectivity index (χ0n) is 6.67. The lowest BCUT2D eigenvalue weighted by Gasteiger charge is -2.07. The molecule has 0 aromatic carbocycles. The molecule has 14 heavy (non-hydrogen) atoms. The van der Waals surface area contributed by atoms with E-state index in [9.17, 15) is 18.0 Å². The van der Waals surface area contributed by atoms with Crippen LogP contribution in [0.3, 0.4) is 0 Å². The summed E-state index contributed by atoms with van der Waals surface area (Å²) in [6, 6.07) is 0.623. The quantitative estimate of drug-likeness (QED) is 0.707. The average Bonchev–Trinajstić information content (AvgIpc) is 2.02. The maximum atomic E-state index is 12.1. The summed E-state index contributed by atoms with van der Waals surface area (Å²) in [6.07, 6.45) is -3.95. The zero-order valence-corrected chi connectivity index (χ0v) is 7.56. The van der Waals surface area contributed by atoms with E-state index in [0.717, 1.165) is 0 Å². The highest BCUT2D eigenvalue weighted by Crippen LogP contribution is 2.30. The van der Waals surface area contributed by atoms with Crippen LogP contribution >= 0.6 is 12.6 Å². The fourth-order valence-electron chi connectivity index (χ4n) is 0.794. The van der Waals surface area contributed by atoms with Gasteiger partial charge in [-0.3, -0.25) is 4.79 Å². The molecule has 0 atom stereocenters. The Morgan fingerprint density at radius 3 is 2.50 bits per heavy atom. The minimum atomic E-state index is -4.54. The van der Waals surface area contributed by atoms with Crippen LogP contribution in [0.1, 0.15) is 15.9 Å². The number of carbonyl (C=O) groups is 1. The number of carbonyl (C=O) groups excluding carboxylic acids is 1. The molecular weight excluding hydrogens is 217 g/mol. The van der Waals surface area contributed by atoms with E-state index in [-0.39, 0.29) is 10.6 Å². The fourth-order valence-corrected chi connectivity index (χ4v) is 1.03. The molecule has 0 aliphatic carbocycles. The largest absolute Gasteiger partial charge is 0.417 e. The molecule has 0 aliphatic heterocycles. The Labute approximate surface area is 82.5 Å². The Hall–Kier alpha value is -1.24. The van der Waals surface area contributed by atoms with Crippen LogP contribution in [-0.2, 0) is 6.18 Å². The van der Waals surface area contributed by atoms with Crippen molar-refractivity contribution < 1.29 is 18.0 Å². The first-order valence-corrected chi connectivity index (χ1v) is 3.83. The Morgan fingerprint density at radius 2 is 2.07 bits per heavy atom. The molecule has 0 bridgehead atoms. The SMILES string of the molecule is NC(=O)c1cc(C(F)(F)F)cnc1S. The van der Waals surface area contributed by atoms with Crippen LogP contribution in [0.25, 0.3) is 0 Å². The molecule has 2 N–H and O–H groups in total. The first kappa shape index (κ1) is 10.8. The molecule has 1 amide bonds. The number of thiol groups is 1. The third kappa shape index (κ3) is 2.16. The number of rotatable bonds is 1. The van der Waals surface area contributed by atoms with Crippen LogP contribution in [0.15, 0.2) is 17.3 Å². The van der Waals surface area contributed by atoms with E-state index in [1.54, 1.807) is 0 Å². The summed E-state index contributed by atoms with van der Waals surface area (Å²) < 4.78 is 36.4. The van der Waals surface area contributed by atoms with Crippen molar-refractivity contribution in [2.24, 2.45) is 5.73 Å². The number of aromatic nitrogens is 1. The van der Waals surface area contributed by atoms with Gasteiger partial charge in [-0.25, -0.2) is 4.98 Å². The van der Waals surface area contributed by atoms with Crippen molar-refractivity contribution in [3.05, 3.63) is 23.4 Å². The molecule has 1 heterocycles. The smallest absolute Gasteiger partial charge is 0.366 e. The molecule has 0 saturated heterocycles. The Balaban J connectivity index is 3.27. The molecule has 7 heteroatoms. The third-order valence-corrected chi connectivity index (χ3v) is 1.82. The van der Waals surface area contributed by atoms with Crippen LogP contribution < -0.4 is 5.73 Å². The molecule has 1 aromatic rings. The van der Waals surface area contributed by atoms with Gasteiger partial charge in [0.2, 0.25) is 0 Å². The maximum absolute atomic E-state index is 12.1. The number of pyridine rings is 1. The van der Waals surface area contributed by atoms with Gasteiger partial charge in [-0.2, -0.15) is 13.2 Å². The van der Waals surface area contributed by atoms with E-state index in [0.29, 0.717) is 12.3 Å². The maximum Gasteiger partial charge on any atom is 0.417 e. The second kappa shape index (κ2) is 3.49. The Bertz CT molecular complexity index is 378. The van der Waals surface area contributed by atoms with Gasteiger partial charge in [0.1, 0.15) is 5.03 Å². The van der Waals surface area contributed by atoms with Crippen molar-refractivity contribution in [3.63, 3.8) is 0 Å². The van der Waals surface area contributed by atoms with Gasteiger partial charge >= 0.3 is 6.18 Å². The standard InChI is InChI=1S/C7H5F3N2OS/c8-7(9,10)3-1-4(5(11)13)6(14)12-2-3/h1-2H,(H2,11,13)(H,12,14). The van der Waals surface area contributed by atoms with Crippen molar-refractivity contribution in [1.82, 2.24) is 4.98 Å². The summed E-state index contributed by atoms with van der Waals surface area (Å²) in [7, 11) is 0. The van der Waals surface area contributed by atoms with Gasteiger partial charge in [0.15, 0.2) is 0 Å². The second-order valence-electron chi connectivity index (χ2n) is 2.46. The lowest BCUT2D eigenvalue weighted by atomic mass is 10.2. The summed E-state index contributed by atoms with van der Waals surface area (Å²) in [5, 5.41) is -0.120. The fraction of sp³-hybridized carbons (Fsp3) is 0.143. The molecular formula is C7H5F3N2OS. The minimum absolute atomic E-state index is 0.120. The molecule has 0 unspecified atom stereocenters. The molecule has 1 rings (SSSR count). The van der Waals surface area contributed by atoms with E-state index >= 15 is 0 Å². The molecule has 0 aliphatic rings. The molecule has 0 radical (unpaired) electrons. The van der Waals surface area contributed by atoms with Gasteiger partial charge in [0, 0.05) is 6.20 Å². The lowest BCUT2D eigenvalue weighted by molar-refractivity contribution is -0.137. The predicted molar refractivity (Wildman–Crippen MR) is 45.0 cm³/mol. The number of nitrogens with zero attached hydrogens (tertiary/aromatic N) is 1. The summed E-state index contributed by atoms with van der Waals surface area (Å²) in [6.45, 7) is 0. The number of halogens is 3. The molecule has 1 aromatic heterocycles. The van der Waals surface area contributed by atoms with E-state index in [1.807, 2.05) is 0 Å². The number of amides is 1. The molecule has 0 fully saturated rings. The van der Waals surface area contributed by atoms with Crippen LogP contribution in [0, 0.1) is 0 Å². The van der Waals surface area contributed by atoms with Crippen LogP contribution in [0.5, 0.6) is 0 Å². The highest BCUT2D eigenvalue weighted by molar-refractivity contribution is 7.80. The topological polar surface area (TPSA) is 56.0 Å². The molecule has 76 valence electrons. The number of hydrogen-bond donors (Lipinski definition) is 2. The van der Waals surface area contributed by atoms with Crippen LogP contribution in [-0.4, -0.2) is 10.9 Å². The summed E-state index contributed by atoms with van der Waals surface area (Å²) in [4.78, 5) is 14.0. The lowest BCUT2D eigenvalue weighted by Crippen LogP contribution is -2.15. The molecule has 3 nitrogen and oxygen atoms in total. The number of alkyl halides is 3. The van der Waals surface area contributed by atoms with Gasteiger partial charge in [-0.15, -0.1) is 12.6 Å². The van der Waals surface area contributed by atoms with E-state index < -0.39 is 17.6 Å². The minimum Gasteiger partial charge on any atom is -0.366 e. The van der Waals surface area contributed by atoms with E-state index in [4.69, 9.17) is 5.73 Å². The van der Waals surface area contributed by atoms with Gasteiger partial charge in [0.25, 0.3) is 5.91 Å². The molecule has 0 saturated carbocycles. The van der Waals surface area contributed by atoms with Gasteiger partial charge in [-0.1, -0.05) is 0 Å². The van der Waals surface area contributed by atoms with Crippen molar-refractivity contribution >= 4 is 18.5 Å². The van der Waals surface area contributed by atoms with Crippen LogP contribution in [0.2, 0.25) is 0 Å². The summed E-state index contributed by atoms with van der Waals surface area (Å²) in [5.41, 5.74) is 3.46. The number of nitrogens with two attached hydrogens (primary N) is 1. The summed E-state index contributed by atoms with van der Waals surface area (Å²) in [5.74, 6) is -0.992. The van der Waals surface area contributed by atoms with Crippen molar-refractivity contribution in [2.75, 3.05) is 0 Å². The third-order valence-electron chi connectivity index (χ3n) is 1.46. The van der Waals surface area contributed by atoms with Crippen molar-refractivity contribution in [2.45, 2.75) is 11.2 Å². The first-order valence-electron chi connectivity index (χ1n) is 3.38. The van der Waals surface area contributed by atoms with E-state index in [1.165, 1.54) is 0 Å².